The molecular weight excluding hydrogens is 396 g/mol. The Morgan fingerprint density at radius 3 is 2.40 bits per heavy atom. The third-order valence-electron chi connectivity index (χ3n) is 5.32. The fraction of sp³-hybridized carbons (Fsp3) is 0.333. The van der Waals surface area contributed by atoms with Crippen molar-refractivity contribution in [2.75, 3.05) is 6.61 Å². The van der Waals surface area contributed by atoms with Crippen LogP contribution in [0.15, 0.2) is 30.3 Å². The summed E-state index contributed by atoms with van der Waals surface area (Å²) in [5.74, 6) is -1.56. The van der Waals surface area contributed by atoms with Crippen molar-refractivity contribution in [3.05, 3.63) is 58.1 Å². The van der Waals surface area contributed by atoms with Crippen LogP contribution < -0.4 is 4.74 Å². The third-order valence-corrected chi connectivity index (χ3v) is 5.32. The Morgan fingerprint density at radius 1 is 0.967 bits per heavy atom. The highest BCUT2D eigenvalue weighted by molar-refractivity contribution is 6.30. The number of ether oxygens (including phenoxy) is 2. The molecule has 1 saturated heterocycles. The molecule has 1 aliphatic carbocycles. The van der Waals surface area contributed by atoms with E-state index in [-0.39, 0.29) is 33.8 Å². The molecule has 5 N–H and O–H groups in total. The number of aliphatic hydroxyl groups excluding tert-OH is 4. The van der Waals surface area contributed by atoms with Gasteiger partial charge in [0.05, 0.1) is 17.7 Å². The van der Waals surface area contributed by atoms with Crippen molar-refractivity contribution in [1.82, 2.24) is 0 Å². The van der Waals surface area contributed by atoms with E-state index in [2.05, 4.69) is 0 Å². The molecule has 1 heterocycles. The first-order chi connectivity index (χ1) is 14.2. The molecule has 2 aromatic carbocycles. The third kappa shape index (κ3) is 3.08. The van der Waals surface area contributed by atoms with Crippen molar-refractivity contribution in [3.8, 4) is 11.5 Å². The maximum atomic E-state index is 13.1. The summed E-state index contributed by atoms with van der Waals surface area (Å²) in [5.41, 5.74) is 0.446. The van der Waals surface area contributed by atoms with E-state index in [1.54, 1.807) is 6.92 Å². The molecule has 1 aliphatic heterocycles. The van der Waals surface area contributed by atoms with Gasteiger partial charge in [-0.1, -0.05) is 12.1 Å². The normalized spacial score (nSPS) is 28.1. The Bertz CT molecular complexity index is 1030. The van der Waals surface area contributed by atoms with E-state index in [1.807, 2.05) is 0 Å². The second-order valence-corrected chi connectivity index (χ2v) is 7.36. The summed E-state index contributed by atoms with van der Waals surface area (Å²) in [7, 11) is 0. The first-order valence-corrected chi connectivity index (χ1v) is 9.27. The number of phenols is 1. The molecule has 0 amide bonds. The number of hydrogen-bond acceptors (Lipinski definition) is 9. The fourth-order valence-corrected chi connectivity index (χ4v) is 3.79. The van der Waals surface area contributed by atoms with Crippen LogP contribution in [0.3, 0.4) is 0 Å². The largest absolute Gasteiger partial charge is 0.507 e. The van der Waals surface area contributed by atoms with Gasteiger partial charge in [-0.05, 0) is 30.7 Å². The smallest absolute Gasteiger partial charge is 0.229 e. The van der Waals surface area contributed by atoms with Crippen LogP contribution in [-0.4, -0.2) is 74.4 Å². The molecule has 0 spiro atoms. The minimum atomic E-state index is -1.69. The maximum Gasteiger partial charge on any atom is 0.229 e. The predicted octanol–water partition coefficient (Wildman–Crippen LogP) is -0.345. The predicted molar refractivity (Wildman–Crippen MR) is 101 cm³/mol. The van der Waals surface area contributed by atoms with Gasteiger partial charge in [0.15, 0.2) is 5.78 Å². The molecule has 2 aliphatic rings. The number of aliphatic hydroxyl groups is 4. The number of carbonyl (C=O) groups is 2. The maximum absolute atomic E-state index is 13.1. The van der Waals surface area contributed by atoms with Gasteiger partial charge in [-0.15, -0.1) is 0 Å². The molecule has 0 bridgehead atoms. The Morgan fingerprint density at radius 2 is 1.70 bits per heavy atom. The number of carbonyl (C=O) groups excluding carboxylic acids is 2. The van der Waals surface area contributed by atoms with Crippen molar-refractivity contribution >= 4 is 11.6 Å². The average molecular weight is 416 g/mol. The Hall–Kier alpha value is -2.82. The standard InChI is InChI=1S/C21H20O9/c1-8-5-10-15(18(26)14-9(16(10)24)3-2-4-11(14)23)12(6-8)29-21-20(28)19(27)17(25)13(7-22)30-21/h2-6,13,17,19-23,25,27-28H,7H2,1H3/t13-,17-,19+,20+,21-/m1/s1. The number of phenolic OH excluding ortho intramolecular Hbond substituents is 1. The van der Waals surface area contributed by atoms with Gasteiger partial charge in [-0.25, -0.2) is 0 Å². The first-order valence-electron chi connectivity index (χ1n) is 9.27. The molecule has 1 fully saturated rings. The summed E-state index contributed by atoms with van der Waals surface area (Å²) in [4.78, 5) is 26.1. The molecule has 0 aromatic heterocycles. The van der Waals surface area contributed by atoms with E-state index in [0.29, 0.717) is 5.56 Å². The molecule has 0 saturated carbocycles. The van der Waals surface area contributed by atoms with Crippen LogP contribution >= 0.6 is 0 Å². The number of ketones is 2. The summed E-state index contributed by atoms with van der Waals surface area (Å²) in [6.45, 7) is 1.03. The van der Waals surface area contributed by atoms with E-state index >= 15 is 0 Å². The number of benzene rings is 2. The van der Waals surface area contributed by atoms with E-state index in [1.165, 1.54) is 30.3 Å². The molecule has 9 heteroatoms. The molecule has 0 unspecified atom stereocenters. The van der Waals surface area contributed by atoms with Crippen LogP contribution in [0, 0.1) is 6.92 Å². The van der Waals surface area contributed by atoms with E-state index in [4.69, 9.17) is 9.47 Å². The number of fused-ring (bicyclic) bond motifs is 2. The van der Waals surface area contributed by atoms with Crippen molar-refractivity contribution in [1.29, 1.82) is 0 Å². The van der Waals surface area contributed by atoms with Crippen molar-refractivity contribution in [2.45, 2.75) is 37.6 Å². The summed E-state index contributed by atoms with van der Waals surface area (Å²) in [6, 6.07) is 7.17. The molecule has 0 radical (unpaired) electrons. The summed E-state index contributed by atoms with van der Waals surface area (Å²) in [5, 5.41) is 49.6. The van der Waals surface area contributed by atoms with E-state index in [0.717, 1.165) is 0 Å². The zero-order valence-electron chi connectivity index (χ0n) is 15.8. The quantitative estimate of drug-likeness (QED) is 0.386. The number of aryl methyl sites for hydroxylation is 1. The van der Waals surface area contributed by atoms with Crippen LogP contribution in [-0.2, 0) is 4.74 Å². The molecule has 30 heavy (non-hydrogen) atoms. The van der Waals surface area contributed by atoms with Gasteiger partial charge >= 0.3 is 0 Å². The number of rotatable bonds is 3. The summed E-state index contributed by atoms with van der Waals surface area (Å²) < 4.78 is 11.0. The zero-order valence-corrected chi connectivity index (χ0v) is 15.8. The lowest BCUT2D eigenvalue weighted by Crippen LogP contribution is -2.60. The Labute approximate surface area is 170 Å². The highest BCUT2D eigenvalue weighted by Gasteiger charge is 2.45. The van der Waals surface area contributed by atoms with Crippen LogP contribution in [0.4, 0.5) is 0 Å². The molecule has 158 valence electrons. The van der Waals surface area contributed by atoms with Crippen molar-refractivity contribution < 1.29 is 44.6 Å². The first kappa shape index (κ1) is 20.5. The van der Waals surface area contributed by atoms with Gasteiger partial charge in [0.2, 0.25) is 12.1 Å². The van der Waals surface area contributed by atoms with Crippen LogP contribution in [0.25, 0.3) is 0 Å². The minimum absolute atomic E-state index is 0.0666. The second kappa shape index (κ2) is 7.46. The lowest BCUT2D eigenvalue weighted by molar-refractivity contribution is -0.277. The second-order valence-electron chi connectivity index (χ2n) is 7.36. The topological polar surface area (TPSA) is 154 Å². The summed E-state index contributed by atoms with van der Waals surface area (Å²) >= 11 is 0. The molecule has 5 atom stereocenters. The van der Waals surface area contributed by atoms with Gasteiger partial charge in [0.1, 0.15) is 35.9 Å². The Kier molecular flexibility index (Phi) is 5.08. The SMILES string of the molecule is Cc1cc(O[C@@H]2O[C@H](CO)[C@@H](O)[C@H](O)[C@@H]2O)c2c(c1)C(=O)c1cccc(O)c1C2=O. The minimum Gasteiger partial charge on any atom is -0.507 e. The molecular formula is C21H20O9. The lowest BCUT2D eigenvalue weighted by Gasteiger charge is -2.39. The van der Waals surface area contributed by atoms with E-state index in [9.17, 15) is 35.1 Å². The van der Waals surface area contributed by atoms with Gasteiger partial charge in [-0.3, -0.25) is 9.59 Å². The molecule has 9 nitrogen and oxygen atoms in total. The monoisotopic (exact) mass is 416 g/mol. The average Bonchev–Trinajstić information content (AvgIpc) is 2.71. The summed E-state index contributed by atoms with van der Waals surface area (Å²) in [6.07, 6.45) is -7.64. The van der Waals surface area contributed by atoms with Gasteiger partial charge < -0.3 is 35.0 Å². The highest BCUT2D eigenvalue weighted by Crippen LogP contribution is 2.38. The van der Waals surface area contributed by atoms with Crippen LogP contribution in [0.5, 0.6) is 11.5 Å². The number of hydrogen-bond donors (Lipinski definition) is 5. The van der Waals surface area contributed by atoms with Crippen molar-refractivity contribution in [2.24, 2.45) is 0 Å². The van der Waals surface area contributed by atoms with Gasteiger partial charge in [0.25, 0.3) is 0 Å². The Balaban J connectivity index is 1.78. The molecule has 4 rings (SSSR count). The van der Waals surface area contributed by atoms with Crippen LogP contribution in [0.1, 0.15) is 37.4 Å². The van der Waals surface area contributed by atoms with Crippen LogP contribution in [0.2, 0.25) is 0 Å². The lowest BCUT2D eigenvalue weighted by atomic mass is 9.82. The van der Waals surface area contributed by atoms with E-state index < -0.39 is 48.9 Å². The number of aromatic hydroxyl groups is 1. The highest BCUT2D eigenvalue weighted by atomic mass is 16.7. The van der Waals surface area contributed by atoms with Gasteiger partial charge in [0, 0.05) is 11.1 Å². The fourth-order valence-electron chi connectivity index (χ4n) is 3.79. The zero-order chi connectivity index (χ0) is 21.7. The van der Waals surface area contributed by atoms with Crippen molar-refractivity contribution in [3.63, 3.8) is 0 Å². The molecule has 2 aromatic rings. The van der Waals surface area contributed by atoms with Gasteiger partial charge in [-0.2, -0.15) is 0 Å².